The van der Waals surface area contributed by atoms with Gasteiger partial charge in [0.2, 0.25) is 6.79 Å². The average Bonchev–Trinajstić information content (AvgIpc) is 3.15. The Bertz CT molecular complexity index is 790. The fourth-order valence-corrected chi connectivity index (χ4v) is 3.21. The number of esters is 1. The lowest BCUT2D eigenvalue weighted by Crippen LogP contribution is -2.52. The van der Waals surface area contributed by atoms with Crippen molar-refractivity contribution < 1.29 is 23.8 Å². The molecule has 7 nitrogen and oxygen atoms in total. The van der Waals surface area contributed by atoms with E-state index >= 15 is 0 Å². The molecule has 1 saturated carbocycles. The molecule has 0 unspecified atom stereocenters. The van der Waals surface area contributed by atoms with Gasteiger partial charge >= 0.3 is 5.97 Å². The highest BCUT2D eigenvalue weighted by Crippen LogP contribution is 2.32. The minimum absolute atomic E-state index is 0.182. The van der Waals surface area contributed by atoms with Crippen LogP contribution in [0, 0.1) is 11.3 Å². The van der Waals surface area contributed by atoms with Gasteiger partial charge in [-0.25, -0.2) is 4.79 Å². The van der Waals surface area contributed by atoms with Crippen LogP contribution in [0.15, 0.2) is 24.3 Å². The monoisotopic (exact) mass is 370 g/mol. The van der Waals surface area contributed by atoms with E-state index in [1.807, 2.05) is 0 Å². The van der Waals surface area contributed by atoms with Crippen LogP contribution in [-0.2, 0) is 14.3 Å². The summed E-state index contributed by atoms with van der Waals surface area (Å²) in [5.41, 5.74) is -0.0999. The minimum atomic E-state index is -0.981. The number of amides is 1. The maximum Gasteiger partial charge on any atom is 0.331 e. The van der Waals surface area contributed by atoms with Crippen LogP contribution in [0.4, 0.5) is 0 Å². The molecule has 0 saturated heterocycles. The normalized spacial score (nSPS) is 18.5. The van der Waals surface area contributed by atoms with Crippen LogP contribution in [0.5, 0.6) is 11.5 Å². The van der Waals surface area contributed by atoms with E-state index in [1.54, 1.807) is 24.3 Å². The standard InChI is InChI=1S/C20H22N2O5/c1-14(19(24)22-20(12-21)9-3-2-4-10-20)27-18(23)8-6-15-5-7-16-17(11-15)26-13-25-16/h5-8,11,14H,2-4,9-10,13H2,1H3,(H,22,24)/b8-6+/t14-/m1/s1. The zero-order chi connectivity index (χ0) is 19.3. The molecule has 0 aromatic heterocycles. The zero-order valence-electron chi connectivity index (χ0n) is 15.2. The molecule has 1 amide bonds. The highest BCUT2D eigenvalue weighted by Gasteiger charge is 2.35. The van der Waals surface area contributed by atoms with Crippen molar-refractivity contribution in [2.75, 3.05) is 6.79 Å². The molecule has 0 bridgehead atoms. The van der Waals surface area contributed by atoms with Crippen LogP contribution < -0.4 is 14.8 Å². The molecule has 0 radical (unpaired) electrons. The number of hydrogen-bond donors (Lipinski definition) is 1. The topological polar surface area (TPSA) is 97.7 Å². The van der Waals surface area contributed by atoms with Crippen LogP contribution >= 0.6 is 0 Å². The number of nitrogens with zero attached hydrogens (tertiary/aromatic N) is 1. The SMILES string of the molecule is C[C@@H](OC(=O)/C=C/c1ccc2c(c1)OCO2)C(=O)NC1(C#N)CCCCC1. The zero-order valence-corrected chi connectivity index (χ0v) is 15.2. The van der Waals surface area contributed by atoms with E-state index in [1.165, 1.54) is 13.0 Å². The molecule has 3 rings (SSSR count). The predicted molar refractivity (Wildman–Crippen MR) is 96.7 cm³/mol. The second-order valence-electron chi connectivity index (χ2n) is 6.77. The van der Waals surface area contributed by atoms with Gasteiger partial charge in [-0.05, 0) is 43.5 Å². The number of rotatable bonds is 5. The third kappa shape index (κ3) is 4.59. The van der Waals surface area contributed by atoms with E-state index in [9.17, 15) is 14.9 Å². The van der Waals surface area contributed by atoms with Gasteiger partial charge in [-0.15, -0.1) is 0 Å². The molecular formula is C20H22N2O5. The third-order valence-corrected chi connectivity index (χ3v) is 4.75. The van der Waals surface area contributed by atoms with E-state index in [0.717, 1.165) is 24.8 Å². The number of hydrogen-bond acceptors (Lipinski definition) is 6. The molecule has 7 heteroatoms. The molecular weight excluding hydrogens is 348 g/mol. The summed E-state index contributed by atoms with van der Waals surface area (Å²) >= 11 is 0. The second kappa shape index (κ2) is 8.12. The number of fused-ring (bicyclic) bond motifs is 1. The third-order valence-electron chi connectivity index (χ3n) is 4.75. The number of carbonyl (C=O) groups is 2. The van der Waals surface area contributed by atoms with Crippen LogP contribution in [0.25, 0.3) is 6.08 Å². The lowest BCUT2D eigenvalue weighted by Gasteiger charge is -2.32. The summed E-state index contributed by atoms with van der Waals surface area (Å²) in [4.78, 5) is 24.3. The van der Waals surface area contributed by atoms with Crippen molar-refractivity contribution in [3.8, 4) is 17.6 Å². The number of nitrogens with one attached hydrogen (secondary N) is 1. The van der Waals surface area contributed by atoms with Crippen LogP contribution in [0.1, 0.15) is 44.6 Å². The number of nitriles is 1. The number of benzene rings is 1. The van der Waals surface area contributed by atoms with Gasteiger partial charge in [0.15, 0.2) is 17.6 Å². The largest absolute Gasteiger partial charge is 0.454 e. The first-order valence-corrected chi connectivity index (χ1v) is 9.03. The lowest BCUT2D eigenvalue weighted by atomic mass is 9.83. The summed E-state index contributed by atoms with van der Waals surface area (Å²) in [6, 6.07) is 7.51. The van der Waals surface area contributed by atoms with Crippen molar-refractivity contribution in [2.24, 2.45) is 0 Å². The van der Waals surface area contributed by atoms with Gasteiger partial charge in [-0.3, -0.25) is 4.79 Å². The number of ether oxygens (including phenoxy) is 3. The Morgan fingerprint density at radius 3 is 2.74 bits per heavy atom. The quantitative estimate of drug-likeness (QED) is 0.632. The average molecular weight is 370 g/mol. The molecule has 1 aliphatic carbocycles. The van der Waals surface area contributed by atoms with Crippen molar-refractivity contribution >= 4 is 18.0 Å². The Kier molecular flexibility index (Phi) is 5.65. The molecule has 1 heterocycles. The van der Waals surface area contributed by atoms with Crippen molar-refractivity contribution in [3.63, 3.8) is 0 Å². The first kappa shape index (κ1) is 18.8. The first-order chi connectivity index (χ1) is 13.0. The van der Waals surface area contributed by atoms with Gasteiger partial charge in [0.1, 0.15) is 5.54 Å². The Hall–Kier alpha value is -3.01. The van der Waals surface area contributed by atoms with Crippen molar-refractivity contribution in [3.05, 3.63) is 29.8 Å². The van der Waals surface area contributed by atoms with E-state index in [2.05, 4.69) is 11.4 Å². The highest BCUT2D eigenvalue weighted by atomic mass is 16.7. The van der Waals surface area contributed by atoms with E-state index in [4.69, 9.17) is 14.2 Å². The van der Waals surface area contributed by atoms with Crippen molar-refractivity contribution in [1.29, 1.82) is 5.26 Å². The summed E-state index contributed by atoms with van der Waals surface area (Å²) in [7, 11) is 0. The fourth-order valence-electron chi connectivity index (χ4n) is 3.21. The molecule has 0 spiro atoms. The molecule has 1 N–H and O–H groups in total. The maximum atomic E-state index is 12.3. The van der Waals surface area contributed by atoms with E-state index < -0.39 is 23.5 Å². The smallest absolute Gasteiger partial charge is 0.331 e. The molecule has 1 fully saturated rings. The predicted octanol–water partition coefficient (Wildman–Crippen LogP) is 2.70. The minimum Gasteiger partial charge on any atom is -0.454 e. The molecule has 1 aliphatic heterocycles. The second-order valence-corrected chi connectivity index (χ2v) is 6.77. The van der Waals surface area contributed by atoms with E-state index in [-0.39, 0.29) is 6.79 Å². The van der Waals surface area contributed by atoms with E-state index in [0.29, 0.717) is 24.3 Å². The summed E-state index contributed by atoms with van der Waals surface area (Å²) in [5, 5.41) is 12.2. The summed E-state index contributed by atoms with van der Waals surface area (Å²) in [6.07, 6.45) is 5.97. The van der Waals surface area contributed by atoms with Gasteiger partial charge < -0.3 is 19.5 Å². The van der Waals surface area contributed by atoms with Crippen LogP contribution in [0.3, 0.4) is 0 Å². The molecule has 2 aliphatic rings. The molecule has 27 heavy (non-hydrogen) atoms. The van der Waals surface area contributed by atoms with Crippen molar-refractivity contribution in [2.45, 2.75) is 50.7 Å². The Morgan fingerprint density at radius 2 is 2.00 bits per heavy atom. The summed E-state index contributed by atoms with van der Waals surface area (Å²) in [6.45, 7) is 1.68. The first-order valence-electron chi connectivity index (χ1n) is 9.03. The molecule has 1 aromatic rings. The Morgan fingerprint density at radius 1 is 1.26 bits per heavy atom. The van der Waals surface area contributed by atoms with Gasteiger partial charge in [-0.1, -0.05) is 25.3 Å². The maximum absolute atomic E-state index is 12.3. The van der Waals surface area contributed by atoms with Gasteiger partial charge in [0.25, 0.3) is 5.91 Å². The van der Waals surface area contributed by atoms with Gasteiger partial charge in [0, 0.05) is 6.08 Å². The Labute approximate surface area is 157 Å². The fraction of sp³-hybridized carbons (Fsp3) is 0.450. The van der Waals surface area contributed by atoms with Crippen LogP contribution in [-0.4, -0.2) is 30.3 Å². The van der Waals surface area contributed by atoms with Gasteiger partial charge in [0.05, 0.1) is 6.07 Å². The molecule has 1 aromatic carbocycles. The van der Waals surface area contributed by atoms with Gasteiger partial charge in [-0.2, -0.15) is 5.26 Å². The number of carbonyl (C=O) groups excluding carboxylic acids is 2. The van der Waals surface area contributed by atoms with Crippen molar-refractivity contribution in [1.82, 2.24) is 5.32 Å². The summed E-state index contributed by atoms with van der Waals surface area (Å²) < 4.78 is 15.7. The Balaban J connectivity index is 1.53. The molecule has 142 valence electrons. The van der Waals surface area contributed by atoms with Crippen LogP contribution in [0.2, 0.25) is 0 Å². The lowest BCUT2D eigenvalue weighted by molar-refractivity contribution is -0.150. The summed E-state index contributed by atoms with van der Waals surface area (Å²) in [5.74, 6) is 0.190. The highest BCUT2D eigenvalue weighted by molar-refractivity contribution is 5.90. The molecule has 1 atom stereocenters.